The lowest BCUT2D eigenvalue weighted by Gasteiger charge is -2.05. The Labute approximate surface area is 102 Å². The van der Waals surface area contributed by atoms with Crippen molar-refractivity contribution in [2.75, 3.05) is 19.0 Å². The van der Waals surface area contributed by atoms with Gasteiger partial charge in [0.25, 0.3) is 0 Å². The van der Waals surface area contributed by atoms with E-state index in [2.05, 4.69) is 9.97 Å². The molecular weight excluding hydrogens is 238 g/mol. The third-order valence-corrected chi connectivity index (χ3v) is 3.42. The number of aromatic carboxylic acids is 1. The zero-order chi connectivity index (χ0) is 12.4. The molecule has 0 fully saturated rings. The van der Waals surface area contributed by atoms with Crippen LogP contribution in [-0.2, 0) is 0 Å². The number of nitrogens with zero attached hydrogens (tertiary/aromatic N) is 3. The minimum absolute atomic E-state index is 0.0879. The van der Waals surface area contributed by atoms with Crippen molar-refractivity contribution in [1.82, 2.24) is 9.97 Å². The zero-order valence-electron chi connectivity index (χ0n) is 9.41. The van der Waals surface area contributed by atoms with Gasteiger partial charge in [-0.1, -0.05) is 11.3 Å². The molecule has 0 radical (unpaired) electrons. The summed E-state index contributed by atoms with van der Waals surface area (Å²) in [6.07, 6.45) is 3.27. The fraction of sp³-hybridized carbons (Fsp3) is 0.182. The maximum absolute atomic E-state index is 11.1. The number of pyridine rings is 1. The van der Waals surface area contributed by atoms with Crippen molar-refractivity contribution in [1.29, 1.82) is 0 Å². The van der Waals surface area contributed by atoms with Gasteiger partial charge >= 0.3 is 5.97 Å². The summed E-state index contributed by atoms with van der Waals surface area (Å²) >= 11 is 1.36. The summed E-state index contributed by atoms with van der Waals surface area (Å²) in [5, 5.41) is 9.81. The number of aromatic nitrogens is 2. The fourth-order valence-corrected chi connectivity index (χ4v) is 2.33. The van der Waals surface area contributed by atoms with E-state index in [1.165, 1.54) is 11.3 Å². The van der Waals surface area contributed by atoms with Crippen LogP contribution in [0.3, 0.4) is 0 Å². The minimum Gasteiger partial charge on any atom is -0.476 e. The molecule has 2 aromatic rings. The van der Waals surface area contributed by atoms with Gasteiger partial charge in [0.2, 0.25) is 0 Å². The van der Waals surface area contributed by atoms with Gasteiger partial charge in [-0.2, -0.15) is 0 Å². The van der Waals surface area contributed by atoms with Crippen LogP contribution >= 0.6 is 11.3 Å². The molecule has 0 saturated carbocycles. The van der Waals surface area contributed by atoms with E-state index in [9.17, 15) is 4.79 Å². The number of rotatable bonds is 3. The monoisotopic (exact) mass is 249 g/mol. The number of hydrogen-bond donors (Lipinski definition) is 1. The largest absolute Gasteiger partial charge is 0.476 e. The lowest BCUT2D eigenvalue weighted by Crippen LogP contribution is -2.08. The van der Waals surface area contributed by atoms with Crippen LogP contribution in [-0.4, -0.2) is 35.1 Å². The molecule has 0 aliphatic rings. The lowest BCUT2D eigenvalue weighted by atomic mass is 10.2. The van der Waals surface area contributed by atoms with E-state index in [1.54, 1.807) is 29.4 Å². The first-order valence-electron chi connectivity index (χ1n) is 4.91. The summed E-state index contributed by atoms with van der Waals surface area (Å²) in [6.45, 7) is 0. The van der Waals surface area contributed by atoms with Crippen LogP contribution in [0, 0.1) is 0 Å². The topological polar surface area (TPSA) is 66.3 Å². The smallest absolute Gasteiger partial charge is 0.356 e. The van der Waals surface area contributed by atoms with Crippen LogP contribution in [0.1, 0.15) is 10.5 Å². The Kier molecular flexibility index (Phi) is 3.06. The second kappa shape index (κ2) is 4.50. The highest BCUT2D eigenvalue weighted by molar-refractivity contribution is 7.19. The number of anilines is 1. The Balaban J connectivity index is 2.56. The van der Waals surface area contributed by atoms with Gasteiger partial charge in [-0.15, -0.1) is 0 Å². The summed E-state index contributed by atoms with van der Waals surface area (Å²) in [5.74, 6) is -1.01. The molecule has 0 unspecified atom stereocenters. The van der Waals surface area contributed by atoms with Crippen LogP contribution in [0.4, 0.5) is 5.13 Å². The first-order valence-corrected chi connectivity index (χ1v) is 5.73. The van der Waals surface area contributed by atoms with Gasteiger partial charge < -0.3 is 10.0 Å². The predicted octanol–water partition coefficient (Wildman–Crippen LogP) is 1.97. The third kappa shape index (κ3) is 2.26. The fourth-order valence-electron chi connectivity index (χ4n) is 1.34. The Morgan fingerprint density at radius 3 is 2.53 bits per heavy atom. The maximum atomic E-state index is 11.1. The van der Waals surface area contributed by atoms with E-state index in [0.29, 0.717) is 10.0 Å². The van der Waals surface area contributed by atoms with Crippen molar-refractivity contribution >= 4 is 22.4 Å². The minimum atomic E-state index is -1.01. The molecule has 0 aliphatic carbocycles. The molecule has 0 amide bonds. The highest BCUT2D eigenvalue weighted by atomic mass is 32.1. The number of thiazole rings is 1. The average molecular weight is 249 g/mol. The van der Waals surface area contributed by atoms with Gasteiger partial charge in [-0.05, 0) is 17.7 Å². The lowest BCUT2D eigenvalue weighted by molar-refractivity contribution is 0.0692. The summed E-state index contributed by atoms with van der Waals surface area (Å²) in [7, 11) is 3.67. The standard InChI is InChI=1S/C11H11N3O2S/c1-14(2)11-13-8(10(15)16)9(17-11)7-3-5-12-6-4-7/h3-6H,1-2H3,(H,15,16). The van der Waals surface area contributed by atoms with Crippen molar-refractivity contribution < 1.29 is 9.90 Å². The maximum Gasteiger partial charge on any atom is 0.356 e. The predicted molar refractivity (Wildman–Crippen MR) is 66.6 cm³/mol. The number of carboxylic acids is 1. The number of carboxylic acid groups (broad SMARTS) is 1. The molecule has 2 heterocycles. The highest BCUT2D eigenvalue weighted by Gasteiger charge is 2.19. The summed E-state index contributed by atoms with van der Waals surface area (Å²) in [5.41, 5.74) is 0.910. The van der Waals surface area contributed by atoms with E-state index in [4.69, 9.17) is 5.11 Å². The molecule has 5 nitrogen and oxygen atoms in total. The van der Waals surface area contributed by atoms with E-state index < -0.39 is 5.97 Å². The van der Waals surface area contributed by atoms with Gasteiger partial charge in [-0.3, -0.25) is 4.98 Å². The molecule has 17 heavy (non-hydrogen) atoms. The molecule has 0 saturated heterocycles. The molecule has 0 spiro atoms. The number of carbonyl (C=O) groups is 1. The first-order chi connectivity index (χ1) is 8.09. The van der Waals surface area contributed by atoms with Crippen molar-refractivity contribution in [3.05, 3.63) is 30.2 Å². The van der Waals surface area contributed by atoms with Gasteiger partial charge in [0.1, 0.15) is 0 Å². The molecule has 0 bridgehead atoms. The average Bonchev–Trinajstić information content (AvgIpc) is 2.75. The van der Waals surface area contributed by atoms with Gasteiger partial charge in [0.15, 0.2) is 10.8 Å². The van der Waals surface area contributed by atoms with Crippen LogP contribution in [0.2, 0.25) is 0 Å². The van der Waals surface area contributed by atoms with Gasteiger partial charge in [0.05, 0.1) is 4.88 Å². The summed E-state index contributed by atoms with van der Waals surface area (Å²) in [6, 6.07) is 3.55. The SMILES string of the molecule is CN(C)c1nc(C(=O)O)c(-c2ccncc2)s1. The van der Waals surface area contributed by atoms with E-state index in [0.717, 1.165) is 5.56 Å². The second-order valence-electron chi connectivity index (χ2n) is 3.61. The van der Waals surface area contributed by atoms with Crippen molar-refractivity contribution in [3.8, 4) is 10.4 Å². The van der Waals surface area contributed by atoms with Crippen molar-refractivity contribution in [2.24, 2.45) is 0 Å². The van der Waals surface area contributed by atoms with Gasteiger partial charge in [-0.25, -0.2) is 9.78 Å². The Bertz CT molecular complexity index is 537. The van der Waals surface area contributed by atoms with E-state index >= 15 is 0 Å². The molecule has 0 atom stereocenters. The molecule has 2 rings (SSSR count). The molecule has 88 valence electrons. The third-order valence-electron chi connectivity index (χ3n) is 2.14. The van der Waals surface area contributed by atoms with Crippen molar-refractivity contribution in [2.45, 2.75) is 0 Å². The van der Waals surface area contributed by atoms with Crippen LogP contribution in [0.15, 0.2) is 24.5 Å². The van der Waals surface area contributed by atoms with Crippen LogP contribution in [0.5, 0.6) is 0 Å². The van der Waals surface area contributed by atoms with E-state index in [-0.39, 0.29) is 5.69 Å². The molecule has 0 aliphatic heterocycles. The quantitative estimate of drug-likeness (QED) is 0.900. The normalized spacial score (nSPS) is 10.2. The Hall–Kier alpha value is -1.95. The van der Waals surface area contributed by atoms with Crippen molar-refractivity contribution in [3.63, 3.8) is 0 Å². The Morgan fingerprint density at radius 2 is 2.00 bits per heavy atom. The highest BCUT2D eigenvalue weighted by Crippen LogP contribution is 2.33. The second-order valence-corrected chi connectivity index (χ2v) is 4.59. The Morgan fingerprint density at radius 1 is 1.35 bits per heavy atom. The van der Waals surface area contributed by atoms with Crippen LogP contribution < -0.4 is 4.90 Å². The summed E-state index contributed by atoms with van der Waals surface area (Å²) < 4.78 is 0. The summed E-state index contributed by atoms with van der Waals surface area (Å²) in [4.78, 5) is 21.6. The molecule has 6 heteroatoms. The van der Waals surface area contributed by atoms with Crippen LogP contribution in [0.25, 0.3) is 10.4 Å². The zero-order valence-corrected chi connectivity index (χ0v) is 10.2. The van der Waals surface area contributed by atoms with E-state index in [1.807, 2.05) is 14.1 Å². The molecular formula is C11H11N3O2S. The first kappa shape index (κ1) is 11.5. The number of hydrogen-bond acceptors (Lipinski definition) is 5. The molecule has 1 N–H and O–H groups in total. The molecule has 0 aromatic carbocycles. The molecule has 2 aromatic heterocycles. The van der Waals surface area contributed by atoms with Gasteiger partial charge in [0, 0.05) is 26.5 Å².